The van der Waals surface area contributed by atoms with Crippen molar-refractivity contribution in [3.63, 3.8) is 0 Å². The molecule has 19 atom stereocenters. The van der Waals surface area contributed by atoms with Gasteiger partial charge in [-0.3, -0.25) is 9.59 Å². The quantitative estimate of drug-likeness (QED) is 0.0819. The summed E-state index contributed by atoms with van der Waals surface area (Å²) in [6.45, 7) is 6.70. The third-order valence-electron chi connectivity index (χ3n) is 12.5. The first-order valence-electron chi connectivity index (χ1n) is 23.0. The fourth-order valence-corrected chi connectivity index (χ4v) is 8.30. The van der Waals surface area contributed by atoms with Crippen LogP contribution in [0.15, 0.2) is 90.2 Å². The van der Waals surface area contributed by atoms with Gasteiger partial charge in [-0.2, -0.15) is 0 Å². The molecule has 2 saturated heterocycles. The molecule has 2 fully saturated rings. The third-order valence-corrected chi connectivity index (χ3v) is 12.5. The maximum Gasteiger partial charge on any atom is 0.311 e. The van der Waals surface area contributed by atoms with E-state index in [4.69, 9.17) is 29.2 Å². The summed E-state index contributed by atoms with van der Waals surface area (Å²) < 4.78 is 29.3. The fourth-order valence-electron chi connectivity index (χ4n) is 8.30. The van der Waals surface area contributed by atoms with E-state index in [1.165, 1.54) is 20.1 Å². The SMILES string of the molecule is COC12C[C@@H](O)C[C@@H](O)[C@H](O)CC[C@@H](O)C[C@@H](O)CC(=O)O[C@@H](C)[C@H](C)[C@H](O)[C@@H](C)/C=C/C=C/C=C/C=C/C=C/C=C/C=C/[C@H](OC3O[C@H](C)[C@@H](O)[C@H](N=[N+]=[N-])[C@H]3O)C[C@H](O1)[C@H](C(=O)O)[C@@H](O)C2. The molecule has 0 spiro atoms. The Balaban J connectivity index is 1.92. The summed E-state index contributed by atoms with van der Waals surface area (Å²) in [5, 5.41) is 112. The average Bonchev–Trinajstić information content (AvgIpc) is 3.27. The zero-order valence-corrected chi connectivity index (χ0v) is 39.3. The molecule has 0 aromatic carbocycles. The van der Waals surface area contributed by atoms with Crippen LogP contribution in [0.4, 0.5) is 0 Å². The van der Waals surface area contributed by atoms with Gasteiger partial charge in [0.1, 0.15) is 18.1 Å². The van der Waals surface area contributed by atoms with Gasteiger partial charge in [-0.25, -0.2) is 0 Å². The first kappa shape index (κ1) is 58.2. The molecule has 20 heteroatoms. The third kappa shape index (κ3) is 18.7. The van der Waals surface area contributed by atoms with Crippen molar-refractivity contribution in [3.8, 4) is 0 Å². The second kappa shape index (κ2) is 29.2. The number of rotatable bonds is 5. The Morgan fingerprint density at radius 2 is 1.29 bits per heavy atom. The predicted octanol–water partition coefficient (Wildman–Crippen LogP) is 2.72. The van der Waals surface area contributed by atoms with Gasteiger partial charge in [-0.1, -0.05) is 104 Å². The molecule has 0 aliphatic carbocycles. The molecule has 20 nitrogen and oxygen atoms in total. The van der Waals surface area contributed by atoms with Crippen LogP contribution >= 0.6 is 0 Å². The molecule has 0 aromatic rings. The second-order valence-electron chi connectivity index (χ2n) is 17.9. The van der Waals surface area contributed by atoms with Crippen LogP contribution < -0.4 is 0 Å². The van der Waals surface area contributed by atoms with Gasteiger partial charge in [0.25, 0.3) is 0 Å². The zero-order valence-electron chi connectivity index (χ0n) is 39.3. The van der Waals surface area contributed by atoms with Crippen molar-refractivity contribution in [1.82, 2.24) is 0 Å². The molecular formula is C48H73N3O17. The molecule has 0 amide bonds. The van der Waals surface area contributed by atoms with E-state index < -0.39 is 147 Å². The number of cyclic esters (lactones) is 1. The molecule has 2 unspecified atom stereocenters. The van der Waals surface area contributed by atoms with E-state index in [-0.39, 0.29) is 31.6 Å². The Kier molecular flexibility index (Phi) is 25.0. The Bertz CT molecular complexity index is 1820. The van der Waals surface area contributed by atoms with Gasteiger partial charge >= 0.3 is 11.9 Å². The minimum Gasteiger partial charge on any atom is -0.481 e. The van der Waals surface area contributed by atoms with Crippen molar-refractivity contribution >= 4 is 11.9 Å². The molecule has 3 aliphatic heterocycles. The first-order valence-corrected chi connectivity index (χ1v) is 23.0. The number of aliphatic hydroxyl groups is 9. The summed E-state index contributed by atoms with van der Waals surface area (Å²) >= 11 is 0. The number of carboxylic acid groups (broad SMARTS) is 1. The van der Waals surface area contributed by atoms with Crippen LogP contribution in [0.25, 0.3) is 10.4 Å². The van der Waals surface area contributed by atoms with Crippen molar-refractivity contribution in [1.29, 1.82) is 0 Å². The summed E-state index contributed by atoms with van der Waals surface area (Å²) in [6, 6.07) is -1.36. The maximum absolute atomic E-state index is 12.7. The van der Waals surface area contributed by atoms with Gasteiger partial charge < -0.3 is 74.7 Å². The molecule has 2 bridgehead atoms. The first-order chi connectivity index (χ1) is 32.2. The van der Waals surface area contributed by atoms with Crippen LogP contribution in [0, 0.1) is 17.8 Å². The summed E-state index contributed by atoms with van der Waals surface area (Å²) in [7, 11) is 1.23. The van der Waals surface area contributed by atoms with Crippen LogP contribution in [-0.4, -0.2) is 168 Å². The highest BCUT2D eigenvalue weighted by Crippen LogP contribution is 2.40. The monoisotopic (exact) mass is 963 g/mol. The minimum atomic E-state index is -1.82. The second-order valence-corrected chi connectivity index (χ2v) is 17.9. The molecule has 382 valence electrons. The number of allylic oxidation sites excluding steroid dienone is 12. The average molecular weight is 964 g/mol. The van der Waals surface area contributed by atoms with Crippen LogP contribution in [0.2, 0.25) is 0 Å². The number of fused-ring (bicyclic) bond motifs is 2. The van der Waals surface area contributed by atoms with Gasteiger partial charge in [0, 0.05) is 49.5 Å². The number of nitrogens with zero attached hydrogens (tertiary/aromatic N) is 3. The van der Waals surface area contributed by atoms with Crippen molar-refractivity contribution in [3.05, 3.63) is 95.5 Å². The van der Waals surface area contributed by atoms with Crippen molar-refractivity contribution in [2.45, 2.75) is 177 Å². The van der Waals surface area contributed by atoms with Crippen LogP contribution in [-0.2, 0) is 33.3 Å². The van der Waals surface area contributed by atoms with E-state index in [9.17, 15) is 60.7 Å². The molecular weight excluding hydrogens is 891 g/mol. The van der Waals surface area contributed by atoms with Gasteiger partial charge in [0.05, 0.1) is 79.6 Å². The molecule has 0 saturated carbocycles. The smallest absolute Gasteiger partial charge is 0.311 e. The highest BCUT2D eigenvalue weighted by atomic mass is 16.7. The number of azide groups is 1. The van der Waals surface area contributed by atoms with E-state index in [0.29, 0.717) is 0 Å². The Morgan fingerprint density at radius 3 is 1.87 bits per heavy atom. The van der Waals surface area contributed by atoms with Crippen molar-refractivity contribution in [2.24, 2.45) is 22.9 Å². The largest absolute Gasteiger partial charge is 0.481 e. The molecule has 3 rings (SSSR count). The number of aliphatic hydroxyl groups excluding tert-OH is 9. The van der Waals surface area contributed by atoms with Crippen molar-refractivity contribution < 1.29 is 84.3 Å². The number of esters is 1. The Hall–Kier alpha value is -4.09. The summed E-state index contributed by atoms with van der Waals surface area (Å²) in [5.74, 6) is -6.26. The highest BCUT2D eigenvalue weighted by molar-refractivity contribution is 5.71. The van der Waals surface area contributed by atoms with E-state index >= 15 is 0 Å². The molecule has 68 heavy (non-hydrogen) atoms. The number of carbonyl (C=O) groups is 2. The lowest BCUT2D eigenvalue weighted by Gasteiger charge is -2.47. The molecule has 0 radical (unpaired) electrons. The maximum atomic E-state index is 12.7. The lowest BCUT2D eigenvalue weighted by molar-refractivity contribution is -0.317. The van der Waals surface area contributed by atoms with E-state index in [2.05, 4.69) is 10.0 Å². The van der Waals surface area contributed by atoms with Gasteiger partial charge in [0.2, 0.25) is 0 Å². The van der Waals surface area contributed by atoms with Gasteiger partial charge in [0.15, 0.2) is 12.1 Å². The number of aliphatic carboxylic acids is 1. The standard InChI is InChI=1S/C48H73N3O17/c1-28-18-16-14-12-10-8-6-7-9-11-13-15-17-19-35(67-47-45(61)42(50-51-49)44(60)31(4)66-47)25-39-41(46(62)63)38(57)27-48(64-5,68-39)26-34(54)23-37(56)36(55)21-20-32(52)22-33(53)24-40(58)65-30(3)29(2)43(28)59/h6-19,28-39,41-45,47,52-57,59-61H,20-27H2,1-5H3,(H,62,63)/b7-6+,10-8+,11-9+,14-12+,15-13+,18-16+,19-17+/t28-,29-,30-,31+,32+,33+,34-,35-,36+,37+,38-,39-,41+,42-,43+,44+,45+,47?,48?/m0/s1. The van der Waals surface area contributed by atoms with E-state index in [0.717, 1.165) is 0 Å². The number of ether oxygens (including phenoxy) is 5. The van der Waals surface area contributed by atoms with Crippen LogP contribution in [0.3, 0.4) is 0 Å². The number of hydrogen-bond donors (Lipinski definition) is 10. The predicted molar refractivity (Wildman–Crippen MR) is 247 cm³/mol. The normalized spacial score (nSPS) is 43.8. The lowest BCUT2D eigenvalue weighted by Crippen LogP contribution is -2.58. The van der Waals surface area contributed by atoms with E-state index in [1.54, 1.807) is 86.8 Å². The number of carbonyl (C=O) groups excluding carboxylic acids is 1. The number of methoxy groups -OCH3 is 1. The number of hydrogen-bond acceptors (Lipinski definition) is 17. The van der Waals surface area contributed by atoms with Crippen molar-refractivity contribution in [2.75, 3.05) is 7.11 Å². The van der Waals surface area contributed by atoms with E-state index in [1.807, 2.05) is 13.0 Å². The molecule has 3 aliphatic rings. The van der Waals surface area contributed by atoms with Gasteiger partial charge in [-0.05, 0) is 38.6 Å². The van der Waals surface area contributed by atoms with Crippen LogP contribution in [0.5, 0.6) is 0 Å². The summed E-state index contributed by atoms with van der Waals surface area (Å²) in [5.41, 5.74) is 9.10. The Morgan fingerprint density at radius 1 is 0.706 bits per heavy atom. The zero-order chi connectivity index (χ0) is 50.6. The number of carboxylic acids is 1. The van der Waals surface area contributed by atoms with Gasteiger partial charge in [-0.15, -0.1) is 0 Å². The fraction of sp³-hybridized carbons (Fsp3) is 0.667. The molecule has 0 aromatic heterocycles. The highest BCUT2D eigenvalue weighted by Gasteiger charge is 2.52. The summed E-state index contributed by atoms with van der Waals surface area (Å²) in [4.78, 5) is 28.0. The topological polar surface area (TPSA) is 331 Å². The molecule has 10 N–H and O–H groups in total. The Labute approximate surface area is 397 Å². The summed E-state index contributed by atoms with van der Waals surface area (Å²) in [6.07, 6.45) is 3.79. The minimum absolute atomic E-state index is 0.0949. The lowest BCUT2D eigenvalue weighted by atomic mass is 9.82. The van der Waals surface area contributed by atoms with Crippen LogP contribution in [0.1, 0.15) is 79.1 Å². The molecule has 3 heterocycles.